The third-order valence-electron chi connectivity index (χ3n) is 1.30. The second-order valence-corrected chi connectivity index (χ2v) is 3.53. The van der Waals surface area contributed by atoms with Crippen LogP contribution in [0.2, 0.25) is 6.04 Å². The van der Waals surface area contributed by atoms with Crippen LogP contribution in [0.15, 0.2) is 4.99 Å². The first kappa shape index (κ1) is 10.8. The average molecular weight is 171 g/mol. The van der Waals surface area contributed by atoms with Gasteiger partial charge in [0.25, 0.3) is 0 Å². The van der Waals surface area contributed by atoms with Gasteiger partial charge in [-0.1, -0.05) is 13.3 Å². The van der Waals surface area contributed by atoms with E-state index in [1.165, 1.54) is 12.8 Å². The fraction of sp³-hybridized carbons (Fsp3) is 0.875. The molecule has 2 radical (unpaired) electrons. The first-order valence-electron chi connectivity index (χ1n) is 4.16. The lowest BCUT2D eigenvalue weighted by Gasteiger charge is -1.91. The lowest BCUT2D eigenvalue weighted by atomic mass is 10.3. The molecule has 2 nitrogen and oxygen atoms in total. The maximum atomic E-state index is 4.92. The predicted octanol–water partition coefficient (Wildman–Crippen LogP) is 1.93. The van der Waals surface area contributed by atoms with Crippen LogP contribution in [0, 0.1) is 0 Å². The molecule has 0 amide bonds. The number of unbranched alkanes of at least 4 members (excludes halogenated alkanes) is 2. The maximum absolute atomic E-state index is 4.92. The summed E-state index contributed by atoms with van der Waals surface area (Å²) in [4.78, 5) is 4.25. The summed E-state index contributed by atoms with van der Waals surface area (Å²) < 4.78 is 4.92. The van der Waals surface area contributed by atoms with Crippen LogP contribution >= 0.6 is 0 Å². The van der Waals surface area contributed by atoms with Crippen LogP contribution in [0.3, 0.4) is 0 Å². The largest absolute Gasteiger partial charge is 0.421 e. The van der Waals surface area contributed by atoms with E-state index in [2.05, 4.69) is 11.9 Å². The summed E-state index contributed by atoms with van der Waals surface area (Å²) in [6.07, 6.45) is 5.68. The van der Waals surface area contributed by atoms with Gasteiger partial charge in [0.15, 0.2) is 0 Å². The van der Waals surface area contributed by atoms with Crippen LogP contribution in [0.4, 0.5) is 0 Å². The maximum Gasteiger partial charge on any atom is 0.230 e. The van der Waals surface area contributed by atoms with Gasteiger partial charge in [0, 0.05) is 13.7 Å². The first-order valence-corrected chi connectivity index (χ1v) is 5.27. The Hall–Kier alpha value is -0.153. The third kappa shape index (κ3) is 9.85. The van der Waals surface area contributed by atoms with E-state index >= 15 is 0 Å². The molecule has 3 heteroatoms. The van der Waals surface area contributed by atoms with Gasteiger partial charge in [-0.05, 0) is 25.1 Å². The van der Waals surface area contributed by atoms with Crippen LogP contribution in [0.25, 0.3) is 0 Å². The van der Waals surface area contributed by atoms with Gasteiger partial charge in [-0.25, -0.2) is 0 Å². The molecule has 0 heterocycles. The minimum Gasteiger partial charge on any atom is -0.421 e. The van der Waals surface area contributed by atoms with Crippen LogP contribution in [-0.2, 0) is 4.43 Å². The number of hydrogen-bond acceptors (Lipinski definition) is 2. The molecule has 0 saturated carbocycles. The molecule has 0 aliphatic rings. The molecule has 0 rings (SSSR count). The van der Waals surface area contributed by atoms with Crippen LogP contribution in [-0.4, -0.2) is 29.6 Å². The Bertz CT molecular complexity index is 96.1. The highest BCUT2D eigenvalue weighted by Gasteiger charge is 1.84. The van der Waals surface area contributed by atoms with Crippen molar-refractivity contribution >= 4 is 16.0 Å². The van der Waals surface area contributed by atoms with Crippen molar-refractivity contribution in [1.82, 2.24) is 0 Å². The van der Waals surface area contributed by atoms with Crippen molar-refractivity contribution in [3.63, 3.8) is 0 Å². The van der Waals surface area contributed by atoms with Crippen LogP contribution in [0.1, 0.15) is 26.2 Å². The molecule has 0 aromatic heterocycles. The molecule has 0 bridgehead atoms. The van der Waals surface area contributed by atoms with Gasteiger partial charge in [0.2, 0.25) is 9.76 Å². The minimum atomic E-state index is 0.613. The molecule has 0 spiro atoms. The highest BCUT2D eigenvalue weighted by atomic mass is 28.2. The fourth-order valence-electron chi connectivity index (χ4n) is 0.690. The third-order valence-corrected chi connectivity index (χ3v) is 2.02. The predicted molar refractivity (Wildman–Crippen MR) is 50.5 cm³/mol. The highest BCUT2D eigenvalue weighted by molar-refractivity contribution is 6.27. The van der Waals surface area contributed by atoms with Gasteiger partial charge in [-0.3, -0.25) is 4.99 Å². The van der Waals surface area contributed by atoms with Crippen molar-refractivity contribution in [1.29, 1.82) is 0 Å². The summed E-state index contributed by atoms with van der Waals surface area (Å²) in [6, 6.07) is 1.07. The SMILES string of the molecule is CCCCC=NCC[Si]OC. The Balaban J connectivity index is 2.91. The molecule has 0 unspecified atom stereocenters. The van der Waals surface area contributed by atoms with Gasteiger partial charge in [-0.15, -0.1) is 0 Å². The highest BCUT2D eigenvalue weighted by Crippen LogP contribution is 1.90. The van der Waals surface area contributed by atoms with Crippen molar-refractivity contribution < 1.29 is 4.43 Å². The second kappa shape index (κ2) is 9.85. The van der Waals surface area contributed by atoms with E-state index in [1.54, 1.807) is 7.11 Å². The standard InChI is InChI=1S/C8H17NOSi/c1-3-4-5-6-9-7-8-11-10-2/h6H,3-5,7-8H2,1-2H3. The Labute approximate surface area is 72.0 Å². The Morgan fingerprint density at radius 3 is 3.00 bits per heavy atom. The number of hydrogen-bond donors (Lipinski definition) is 0. The molecular formula is C8H17NOSi. The van der Waals surface area contributed by atoms with E-state index in [0.29, 0.717) is 9.76 Å². The molecular weight excluding hydrogens is 154 g/mol. The molecule has 64 valence electrons. The molecule has 0 fully saturated rings. The molecule has 0 aromatic carbocycles. The first-order chi connectivity index (χ1) is 5.41. The Morgan fingerprint density at radius 2 is 2.36 bits per heavy atom. The minimum absolute atomic E-state index is 0.613. The normalized spacial score (nSPS) is 11.1. The number of nitrogens with zero attached hydrogens (tertiary/aromatic N) is 1. The molecule has 0 aromatic rings. The molecule has 0 saturated heterocycles. The van der Waals surface area contributed by atoms with Crippen molar-refractivity contribution in [2.24, 2.45) is 4.99 Å². The number of rotatable bonds is 7. The van der Waals surface area contributed by atoms with Crippen molar-refractivity contribution in [2.75, 3.05) is 13.7 Å². The summed E-state index contributed by atoms with van der Waals surface area (Å²) >= 11 is 0. The molecule has 0 aliphatic carbocycles. The zero-order valence-electron chi connectivity index (χ0n) is 7.47. The Morgan fingerprint density at radius 1 is 1.55 bits per heavy atom. The summed E-state index contributed by atoms with van der Waals surface area (Å²) in [5, 5.41) is 0. The van der Waals surface area contributed by atoms with Gasteiger partial charge in [-0.2, -0.15) is 0 Å². The van der Waals surface area contributed by atoms with E-state index in [0.717, 1.165) is 19.0 Å². The smallest absolute Gasteiger partial charge is 0.230 e. The van der Waals surface area contributed by atoms with Gasteiger partial charge < -0.3 is 4.43 Å². The van der Waals surface area contributed by atoms with E-state index in [1.807, 2.05) is 6.21 Å². The van der Waals surface area contributed by atoms with Crippen molar-refractivity contribution in [2.45, 2.75) is 32.2 Å². The van der Waals surface area contributed by atoms with E-state index < -0.39 is 0 Å². The molecule has 0 N–H and O–H groups in total. The average Bonchev–Trinajstić information content (AvgIpc) is 2.03. The zero-order valence-corrected chi connectivity index (χ0v) is 8.47. The quantitative estimate of drug-likeness (QED) is 0.326. The lowest BCUT2D eigenvalue weighted by molar-refractivity contribution is 0.441. The second-order valence-electron chi connectivity index (χ2n) is 2.33. The van der Waals surface area contributed by atoms with Gasteiger partial charge in [0.1, 0.15) is 0 Å². The molecule has 0 atom stereocenters. The van der Waals surface area contributed by atoms with Crippen LogP contribution < -0.4 is 0 Å². The Kier molecular flexibility index (Phi) is 9.71. The lowest BCUT2D eigenvalue weighted by Crippen LogP contribution is -1.94. The number of aliphatic imine (C=N–C) groups is 1. The summed E-state index contributed by atoms with van der Waals surface area (Å²) in [7, 11) is 2.35. The van der Waals surface area contributed by atoms with Crippen molar-refractivity contribution in [3.8, 4) is 0 Å². The van der Waals surface area contributed by atoms with Gasteiger partial charge >= 0.3 is 0 Å². The zero-order chi connectivity index (χ0) is 8.36. The summed E-state index contributed by atoms with van der Waals surface area (Å²) in [5.74, 6) is 0. The van der Waals surface area contributed by atoms with E-state index in [-0.39, 0.29) is 0 Å². The fourth-order valence-corrected chi connectivity index (χ4v) is 1.11. The summed E-state index contributed by atoms with van der Waals surface area (Å²) in [6.45, 7) is 3.12. The van der Waals surface area contributed by atoms with Crippen molar-refractivity contribution in [3.05, 3.63) is 0 Å². The molecule has 11 heavy (non-hydrogen) atoms. The topological polar surface area (TPSA) is 21.6 Å². The monoisotopic (exact) mass is 171 g/mol. The van der Waals surface area contributed by atoms with E-state index in [4.69, 9.17) is 4.43 Å². The molecule has 0 aliphatic heterocycles. The van der Waals surface area contributed by atoms with Crippen LogP contribution in [0.5, 0.6) is 0 Å². The van der Waals surface area contributed by atoms with E-state index in [9.17, 15) is 0 Å². The van der Waals surface area contributed by atoms with Gasteiger partial charge in [0.05, 0.1) is 0 Å². The summed E-state index contributed by atoms with van der Waals surface area (Å²) in [5.41, 5.74) is 0.